The third-order valence-electron chi connectivity index (χ3n) is 2.58. The van der Waals surface area contributed by atoms with E-state index in [1.165, 1.54) is 16.7 Å². The summed E-state index contributed by atoms with van der Waals surface area (Å²) in [6, 6.07) is 1.56. The first-order valence-corrected chi connectivity index (χ1v) is 7.31. The van der Waals surface area contributed by atoms with Gasteiger partial charge in [-0.1, -0.05) is 0 Å². The lowest BCUT2D eigenvalue weighted by Crippen LogP contribution is -2.11. The molecule has 112 valence electrons. The molecule has 0 saturated carbocycles. The standard InChI is InChI=1S/C13H16N4O3S/c1-4-20-10-5-7(2)14-13(17-10)15-8(3)11-16-9(6-21-11)12(18)19/h5-6,8H,4H2,1-3H3,(H,18,19)(H,14,15,17). The Bertz CT molecular complexity index is 644. The van der Waals surface area contributed by atoms with Gasteiger partial charge in [0, 0.05) is 17.1 Å². The van der Waals surface area contributed by atoms with E-state index in [0.717, 1.165) is 5.69 Å². The van der Waals surface area contributed by atoms with E-state index >= 15 is 0 Å². The van der Waals surface area contributed by atoms with Crippen molar-refractivity contribution in [1.82, 2.24) is 15.0 Å². The van der Waals surface area contributed by atoms with Crippen molar-refractivity contribution in [2.45, 2.75) is 26.8 Å². The molecule has 21 heavy (non-hydrogen) atoms. The number of nitrogens with zero attached hydrogens (tertiary/aromatic N) is 3. The van der Waals surface area contributed by atoms with Crippen LogP contribution >= 0.6 is 11.3 Å². The normalized spacial score (nSPS) is 12.0. The zero-order valence-electron chi connectivity index (χ0n) is 12.0. The molecule has 1 atom stereocenters. The van der Waals surface area contributed by atoms with E-state index < -0.39 is 5.97 Å². The summed E-state index contributed by atoms with van der Waals surface area (Å²) in [5, 5.41) is 14.2. The van der Waals surface area contributed by atoms with Crippen LogP contribution in [0, 0.1) is 6.92 Å². The van der Waals surface area contributed by atoms with Crippen molar-refractivity contribution in [2.75, 3.05) is 11.9 Å². The number of carboxylic acids is 1. The lowest BCUT2D eigenvalue weighted by molar-refractivity contribution is 0.0691. The van der Waals surface area contributed by atoms with Crippen molar-refractivity contribution in [2.24, 2.45) is 0 Å². The highest BCUT2D eigenvalue weighted by Crippen LogP contribution is 2.22. The van der Waals surface area contributed by atoms with Crippen LogP contribution in [0.25, 0.3) is 0 Å². The van der Waals surface area contributed by atoms with Gasteiger partial charge in [-0.15, -0.1) is 11.3 Å². The third-order valence-corrected chi connectivity index (χ3v) is 3.61. The van der Waals surface area contributed by atoms with E-state index in [2.05, 4.69) is 20.3 Å². The Hall–Kier alpha value is -2.22. The van der Waals surface area contributed by atoms with Crippen molar-refractivity contribution in [3.8, 4) is 5.88 Å². The molecule has 0 radical (unpaired) electrons. The lowest BCUT2D eigenvalue weighted by Gasteiger charge is -2.12. The Morgan fingerprint density at radius 2 is 2.24 bits per heavy atom. The molecule has 0 aromatic carbocycles. The van der Waals surface area contributed by atoms with Crippen molar-refractivity contribution < 1.29 is 14.6 Å². The second-order valence-electron chi connectivity index (χ2n) is 4.35. The van der Waals surface area contributed by atoms with Gasteiger partial charge in [0.25, 0.3) is 0 Å². The molecule has 0 spiro atoms. The van der Waals surface area contributed by atoms with Crippen LogP contribution in [-0.2, 0) is 0 Å². The number of carboxylic acid groups (broad SMARTS) is 1. The second-order valence-corrected chi connectivity index (χ2v) is 5.24. The maximum Gasteiger partial charge on any atom is 0.355 e. The molecule has 2 aromatic heterocycles. The number of hydrogen-bond donors (Lipinski definition) is 2. The Kier molecular flexibility index (Phi) is 4.69. The summed E-state index contributed by atoms with van der Waals surface area (Å²) in [6.07, 6.45) is 0. The highest BCUT2D eigenvalue weighted by atomic mass is 32.1. The van der Waals surface area contributed by atoms with Crippen LogP contribution < -0.4 is 10.1 Å². The van der Waals surface area contributed by atoms with Gasteiger partial charge < -0.3 is 15.2 Å². The molecule has 8 heteroatoms. The van der Waals surface area contributed by atoms with Gasteiger partial charge in [0.1, 0.15) is 5.01 Å². The summed E-state index contributed by atoms with van der Waals surface area (Å²) in [5.41, 5.74) is 0.831. The van der Waals surface area contributed by atoms with Crippen LogP contribution in [0.15, 0.2) is 11.4 Å². The van der Waals surface area contributed by atoms with Crippen LogP contribution in [0.2, 0.25) is 0 Å². The summed E-state index contributed by atoms with van der Waals surface area (Å²) in [6.45, 7) is 6.14. The fourth-order valence-corrected chi connectivity index (χ4v) is 2.47. The van der Waals surface area contributed by atoms with Gasteiger partial charge >= 0.3 is 5.97 Å². The molecule has 0 amide bonds. The summed E-state index contributed by atoms with van der Waals surface area (Å²) in [7, 11) is 0. The molecule has 2 rings (SSSR count). The van der Waals surface area contributed by atoms with Crippen molar-refractivity contribution in [1.29, 1.82) is 0 Å². The number of thiazole rings is 1. The van der Waals surface area contributed by atoms with Gasteiger partial charge in [-0.25, -0.2) is 14.8 Å². The number of hydrogen-bond acceptors (Lipinski definition) is 7. The molecule has 0 aliphatic carbocycles. The van der Waals surface area contributed by atoms with Gasteiger partial charge in [0.2, 0.25) is 11.8 Å². The largest absolute Gasteiger partial charge is 0.478 e. The fourth-order valence-electron chi connectivity index (χ4n) is 1.67. The first-order chi connectivity index (χ1) is 9.99. The minimum Gasteiger partial charge on any atom is -0.478 e. The topological polar surface area (TPSA) is 97.2 Å². The van der Waals surface area contributed by atoms with Gasteiger partial charge in [-0.05, 0) is 20.8 Å². The monoisotopic (exact) mass is 308 g/mol. The molecule has 2 N–H and O–H groups in total. The van der Waals surface area contributed by atoms with Gasteiger partial charge in [0.05, 0.1) is 12.6 Å². The number of rotatable bonds is 6. The molecular weight excluding hydrogens is 292 g/mol. The van der Waals surface area contributed by atoms with Crippen molar-refractivity contribution in [3.05, 3.63) is 27.8 Å². The predicted molar refractivity (Wildman–Crippen MR) is 79.0 cm³/mol. The summed E-state index contributed by atoms with van der Waals surface area (Å²) < 4.78 is 5.37. The molecule has 0 fully saturated rings. The van der Waals surface area contributed by atoms with Crippen LogP contribution in [0.3, 0.4) is 0 Å². The first kappa shape index (κ1) is 15.2. The summed E-state index contributed by atoms with van der Waals surface area (Å²) in [5.74, 6) is -0.0989. The average molecular weight is 308 g/mol. The minimum absolute atomic E-state index is 0.0452. The fraction of sp³-hybridized carbons (Fsp3) is 0.385. The average Bonchev–Trinajstić information content (AvgIpc) is 2.88. The van der Waals surface area contributed by atoms with Gasteiger partial charge in [-0.3, -0.25) is 0 Å². The van der Waals surface area contributed by atoms with Crippen LogP contribution in [-0.4, -0.2) is 32.6 Å². The number of aryl methyl sites for hydroxylation is 1. The molecule has 2 aromatic rings. The highest BCUT2D eigenvalue weighted by Gasteiger charge is 2.15. The molecule has 7 nitrogen and oxygen atoms in total. The van der Waals surface area contributed by atoms with E-state index in [1.807, 2.05) is 20.8 Å². The number of aromatic carboxylic acids is 1. The maximum absolute atomic E-state index is 10.8. The molecular formula is C13H16N4O3S. The zero-order valence-corrected chi connectivity index (χ0v) is 12.8. The summed E-state index contributed by atoms with van der Waals surface area (Å²) in [4.78, 5) is 23.4. The van der Waals surface area contributed by atoms with E-state index in [0.29, 0.717) is 23.4 Å². The molecule has 1 unspecified atom stereocenters. The van der Waals surface area contributed by atoms with Crippen molar-refractivity contribution >= 4 is 23.3 Å². The van der Waals surface area contributed by atoms with Crippen molar-refractivity contribution in [3.63, 3.8) is 0 Å². The molecule has 0 aliphatic rings. The Labute approximate surface area is 126 Å². The lowest BCUT2D eigenvalue weighted by atomic mass is 10.3. The zero-order chi connectivity index (χ0) is 15.4. The quantitative estimate of drug-likeness (QED) is 0.846. The number of carbonyl (C=O) groups is 1. The van der Waals surface area contributed by atoms with Crippen LogP contribution in [0.1, 0.15) is 41.1 Å². The number of ether oxygens (including phenoxy) is 1. The molecule has 0 saturated heterocycles. The molecule has 0 bridgehead atoms. The van der Waals surface area contributed by atoms with Crippen LogP contribution in [0.4, 0.5) is 5.95 Å². The Morgan fingerprint density at radius 3 is 2.86 bits per heavy atom. The smallest absolute Gasteiger partial charge is 0.355 e. The molecule has 2 heterocycles. The minimum atomic E-state index is -1.03. The Balaban J connectivity index is 2.14. The maximum atomic E-state index is 10.8. The van der Waals surface area contributed by atoms with E-state index in [4.69, 9.17) is 9.84 Å². The van der Waals surface area contributed by atoms with Crippen LogP contribution in [0.5, 0.6) is 5.88 Å². The number of nitrogens with one attached hydrogen (secondary N) is 1. The predicted octanol–water partition coefficient (Wildman–Crippen LogP) is 2.51. The summed E-state index contributed by atoms with van der Waals surface area (Å²) >= 11 is 1.28. The number of aromatic nitrogens is 3. The third kappa shape index (κ3) is 3.88. The molecule has 0 aliphatic heterocycles. The van der Waals surface area contributed by atoms with Gasteiger partial charge in [0.15, 0.2) is 5.69 Å². The highest BCUT2D eigenvalue weighted by molar-refractivity contribution is 7.09. The second kappa shape index (κ2) is 6.49. The SMILES string of the molecule is CCOc1cc(C)nc(NC(C)c2nc(C(=O)O)cs2)n1. The van der Waals surface area contributed by atoms with E-state index in [9.17, 15) is 4.79 Å². The van der Waals surface area contributed by atoms with E-state index in [1.54, 1.807) is 6.07 Å². The van der Waals surface area contributed by atoms with Gasteiger partial charge in [-0.2, -0.15) is 4.98 Å². The van der Waals surface area contributed by atoms with E-state index in [-0.39, 0.29) is 11.7 Å². The number of anilines is 1. The Morgan fingerprint density at radius 1 is 1.48 bits per heavy atom. The first-order valence-electron chi connectivity index (χ1n) is 6.43.